The summed E-state index contributed by atoms with van der Waals surface area (Å²) in [7, 11) is -1.37. The Bertz CT molecular complexity index is 1580. The monoisotopic (exact) mass is 537 g/mol. The highest BCUT2D eigenvalue weighted by atomic mass is 32.2. The third-order valence-electron chi connectivity index (χ3n) is 5.61. The van der Waals surface area contributed by atoms with Crippen molar-refractivity contribution in [3.63, 3.8) is 0 Å². The van der Waals surface area contributed by atoms with E-state index in [-0.39, 0.29) is 46.3 Å². The zero-order valence-corrected chi connectivity index (χ0v) is 22.1. The minimum atomic E-state index is -4.27. The molecule has 4 aromatic rings. The Hall–Kier alpha value is -4.13. The van der Waals surface area contributed by atoms with Crippen LogP contribution in [0, 0.1) is 0 Å². The first kappa shape index (κ1) is 26.9. The molecule has 0 aliphatic heterocycles. The molecule has 0 radical (unpaired) electrons. The molecule has 0 atom stereocenters. The number of primary sulfonamides is 1. The van der Waals surface area contributed by atoms with E-state index >= 15 is 0 Å². The van der Waals surface area contributed by atoms with Crippen molar-refractivity contribution in [2.45, 2.75) is 31.4 Å². The van der Waals surface area contributed by atoms with Gasteiger partial charge in [0.05, 0.1) is 26.5 Å². The molecule has 11 nitrogen and oxygen atoms in total. The highest BCUT2D eigenvalue weighted by Gasteiger charge is 2.27. The highest BCUT2D eigenvalue weighted by molar-refractivity contribution is 7.89. The van der Waals surface area contributed by atoms with Crippen LogP contribution in [0.3, 0.4) is 0 Å². The van der Waals surface area contributed by atoms with Gasteiger partial charge in [-0.3, -0.25) is 4.98 Å². The first-order chi connectivity index (χ1) is 18.2. The summed E-state index contributed by atoms with van der Waals surface area (Å²) in [6.45, 7) is 3.61. The summed E-state index contributed by atoms with van der Waals surface area (Å²) in [6.07, 6.45) is 2.97. The van der Waals surface area contributed by atoms with Crippen LogP contribution in [-0.2, 0) is 16.6 Å². The van der Waals surface area contributed by atoms with Gasteiger partial charge >= 0.3 is 0 Å². The van der Waals surface area contributed by atoms with Crippen molar-refractivity contribution in [1.29, 1.82) is 0 Å². The van der Waals surface area contributed by atoms with E-state index in [1.165, 1.54) is 26.6 Å². The molecule has 4 rings (SSSR count). The molecule has 38 heavy (non-hydrogen) atoms. The van der Waals surface area contributed by atoms with Crippen LogP contribution in [0.25, 0.3) is 22.6 Å². The fourth-order valence-corrected chi connectivity index (χ4v) is 4.33. The van der Waals surface area contributed by atoms with Crippen molar-refractivity contribution in [1.82, 2.24) is 19.9 Å². The molecule has 3 aromatic heterocycles. The number of nitrogens with two attached hydrogens (primary N) is 1. The summed E-state index contributed by atoms with van der Waals surface area (Å²) in [4.78, 5) is 17.5. The van der Waals surface area contributed by atoms with Crippen LogP contribution >= 0.6 is 0 Å². The van der Waals surface area contributed by atoms with E-state index in [1.54, 1.807) is 42.5 Å². The molecule has 3 N–H and O–H groups in total. The molecule has 0 fully saturated rings. The fraction of sp³-hybridized carbons (Fsp3) is 0.231. The SMILES string of the molecule is COc1ccccc1Oc1c(OC)nc(-c2ccnc(CO)c2)nc1-c1cc(C(C)C)cnc1S(N)(=O)=O. The second-order valence-electron chi connectivity index (χ2n) is 8.50. The average molecular weight is 538 g/mol. The van der Waals surface area contributed by atoms with Gasteiger partial charge in [0.2, 0.25) is 5.75 Å². The molecule has 3 heterocycles. The summed E-state index contributed by atoms with van der Waals surface area (Å²) in [6, 6.07) is 11.8. The predicted molar refractivity (Wildman–Crippen MR) is 139 cm³/mol. The van der Waals surface area contributed by atoms with Crippen molar-refractivity contribution in [2.75, 3.05) is 14.2 Å². The molecule has 0 amide bonds. The van der Waals surface area contributed by atoms with Gasteiger partial charge in [-0.2, -0.15) is 4.98 Å². The number of para-hydroxylation sites is 2. The van der Waals surface area contributed by atoms with Gasteiger partial charge in [-0.15, -0.1) is 0 Å². The number of aliphatic hydroxyl groups is 1. The number of methoxy groups -OCH3 is 2. The summed E-state index contributed by atoms with van der Waals surface area (Å²) < 4.78 is 42.5. The Morgan fingerprint density at radius 1 is 1.00 bits per heavy atom. The van der Waals surface area contributed by atoms with Gasteiger partial charge in [0.15, 0.2) is 22.3 Å². The maximum atomic E-state index is 12.6. The van der Waals surface area contributed by atoms with Gasteiger partial charge in [0.1, 0.15) is 5.69 Å². The van der Waals surface area contributed by atoms with Crippen molar-refractivity contribution in [3.05, 3.63) is 66.1 Å². The molecular formula is C26H27N5O6S. The summed E-state index contributed by atoms with van der Waals surface area (Å²) in [5.41, 5.74) is 1.86. The first-order valence-electron chi connectivity index (χ1n) is 11.5. The zero-order chi connectivity index (χ0) is 27.4. The Morgan fingerprint density at radius 3 is 2.37 bits per heavy atom. The molecular weight excluding hydrogens is 510 g/mol. The Kier molecular flexibility index (Phi) is 7.86. The van der Waals surface area contributed by atoms with E-state index in [1.807, 2.05) is 13.8 Å². The smallest absolute Gasteiger partial charge is 0.261 e. The number of hydrogen-bond donors (Lipinski definition) is 2. The lowest BCUT2D eigenvalue weighted by atomic mass is 10.0. The molecule has 12 heteroatoms. The molecule has 198 valence electrons. The highest BCUT2D eigenvalue weighted by Crippen LogP contribution is 2.44. The summed E-state index contributed by atoms with van der Waals surface area (Å²) in [5.74, 6) is 0.995. The lowest BCUT2D eigenvalue weighted by molar-refractivity contribution is 0.277. The number of rotatable bonds is 9. The molecule has 0 aliphatic rings. The number of nitrogens with zero attached hydrogens (tertiary/aromatic N) is 4. The molecule has 0 aliphatic carbocycles. The van der Waals surface area contributed by atoms with Gasteiger partial charge in [-0.05, 0) is 41.8 Å². The maximum absolute atomic E-state index is 12.6. The van der Waals surface area contributed by atoms with E-state index < -0.39 is 10.0 Å². The molecule has 0 saturated carbocycles. The van der Waals surface area contributed by atoms with E-state index in [9.17, 15) is 13.5 Å². The molecule has 1 aromatic carbocycles. The molecule has 0 unspecified atom stereocenters. The van der Waals surface area contributed by atoms with Crippen LogP contribution in [0.15, 0.2) is 59.9 Å². The van der Waals surface area contributed by atoms with Crippen LogP contribution in [0.1, 0.15) is 31.0 Å². The van der Waals surface area contributed by atoms with Gasteiger partial charge in [-0.25, -0.2) is 23.5 Å². The van der Waals surface area contributed by atoms with Gasteiger partial charge in [-0.1, -0.05) is 26.0 Å². The van der Waals surface area contributed by atoms with E-state index in [0.717, 1.165) is 5.56 Å². The Morgan fingerprint density at radius 2 is 1.74 bits per heavy atom. The second-order valence-corrected chi connectivity index (χ2v) is 9.98. The standard InChI is InChI=1S/C26H27N5O6S/c1-15(2)17-12-19(26(29-13-17)38(27,33)34)22-23(37-21-8-6-5-7-20(21)35-3)25(36-4)31-24(30-22)16-9-10-28-18(11-16)14-32/h5-13,15,32H,14H2,1-4H3,(H2,27,33,34). The number of sulfonamides is 1. The topological polar surface area (TPSA) is 160 Å². The minimum absolute atomic E-state index is 0.0184. The van der Waals surface area contributed by atoms with E-state index in [0.29, 0.717) is 22.8 Å². The number of benzene rings is 1. The van der Waals surface area contributed by atoms with Crippen LogP contribution in [0.4, 0.5) is 0 Å². The lowest BCUT2D eigenvalue weighted by Crippen LogP contribution is -2.16. The number of aliphatic hydroxyl groups excluding tert-OH is 1. The van der Waals surface area contributed by atoms with Crippen LogP contribution in [0.5, 0.6) is 23.1 Å². The van der Waals surface area contributed by atoms with Crippen LogP contribution < -0.4 is 19.3 Å². The van der Waals surface area contributed by atoms with E-state index in [4.69, 9.17) is 24.3 Å². The fourth-order valence-electron chi connectivity index (χ4n) is 3.67. The third-order valence-corrected chi connectivity index (χ3v) is 6.47. The minimum Gasteiger partial charge on any atom is -0.493 e. The van der Waals surface area contributed by atoms with Crippen molar-refractivity contribution < 1.29 is 27.7 Å². The maximum Gasteiger partial charge on any atom is 0.261 e. The van der Waals surface area contributed by atoms with Crippen molar-refractivity contribution in [2.24, 2.45) is 5.14 Å². The molecule has 0 spiro atoms. The Labute approximate surface area is 220 Å². The zero-order valence-electron chi connectivity index (χ0n) is 21.2. The summed E-state index contributed by atoms with van der Waals surface area (Å²) in [5, 5.41) is 14.7. The van der Waals surface area contributed by atoms with Gasteiger partial charge in [0, 0.05) is 23.5 Å². The van der Waals surface area contributed by atoms with E-state index in [2.05, 4.69) is 15.0 Å². The first-order valence-corrected chi connectivity index (χ1v) is 13.1. The van der Waals surface area contributed by atoms with Crippen molar-refractivity contribution >= 4 is 10.0 Å². The van der Waals surface area contributed by atoms with Crippen LogP contribution in [-0.4, -0.2) is 47.7 Å². The molecule has 0 saturated heterocycles. The van der Waals surface area contributed by atoms with Gasteiger partial charge in [0.25, 0.3) is 15.9 Å². The normalized spacial score (nSPS) is 11.4. The largest absolute Gasteiger partial charge is 0.493 e. The Balaban J connectivity index is 2.08. The average Bonchev–Trinajstić information content (AvgIpc) is 2.92. The van der Waals surface area contributed by atoms with Gasteiger partial charge < -0.3 is 19.3 Å². The predicted octanol–water partition coefficient (Wildman–Crippen LogP) is 3.67. The molecule has 0 bridgehead atoms. The van der Waals surface area contributed by atoms with Crippen LogP contribution in [0.2, 0.25) is 0 Å². The third kappa shape index (κ3) is 5.57. The number of pyridine rings is 2. The number of aromatic nitrogens is 4. The number of ether oxygens (including phenoxy) is 3. The second kappa shape index (κ2) is 11.1. The number of hydrogen-bond acceptors (Lipinski definition) is 10. The lowest BCUT2D eigenvalue weighted by Gasteiger charge is -2.18. The summed E-state index contributed by atoms with van der Waals surface area (Å²) >= 11 is 0. The van der Waals surface area contributed by atoms with Crippen molar-refractivity contribution in [3.8, 4) is 45.8 Å². The quantitative estimate of drug-likeness (QED) is 0.322.